The smallest absolute Gasteiger partial charge is 0.330 e. The summed E-state index contributed by atoms with van der Waals surface area (Å²) < 4.78 is 6.50. The van der Waals surface area contributed by atoms with Gasteiger partial charge in [-0.05, 0) is 72.9 Å². The molecule has 11 nitrogen and oxygen atoms in total. The van der Waals surface area contributed by atoms with Gasteiger partial charge >= 0.3 is 5.97 Å². The minimum absolute atomic E-state index is 0.0360. The van der Waals surface area contributed by atoms with Gasteiger partial charge < -0.3 is 25.4 Å². The van der Waals surface area contributed by atoms with Crippen LogP contribution >= 0.6 is 22.7 Å². The van der Waals surface area contributed by atoms with Crippen molar-refractivity contribution in [3.63, 3.8) is 0 Å². The first-order valence-electron chi connectivity index (χ1n) is 16.8. The average Bonchev–Trinajstić information content (AvgIpc) is 3.62. The summed E-state index contributed by atoms with van der Waals surface area (Å²) in [6.45, 7) is 0.0360. The summed E-state index contributed by atoms with van der Waals surface area (Å²) in [4.78, 5) is 66.6. The fourth-order valence-corrected chi connectivity index (χ4v) is 7.93. The van der Waals surface area contributed by atoms with Gasteiger partial charge in [-0.1, -0.05) is 49.3 Å². The molecule has 0 bridgehead atoms. The lowest BCUT2D eigenvalue weighted by Gasteiger charge is -2.29. The number of nitrogens with one attached hydrogen (secondary N) is 2. The molecule has 3 aliphatic rings. The number of carbonyl (C=O) groups is 4. The quantitative estimate of drug-likeness (QED) is 0.211. The van der Waals surface area contributed by atoms with Crippen molar-refractivity contribution < 1.29 is 29.0 Å². The molecule has 3 aromatic heterocycles. The van der Waals surface area contributed by atoms with Crippen molar-refractivity contribution in [1.29, 1.82) is 0 Å². The van der Waals surface area contributed by atoms with E-state index in [0.717, 1.165) is 24.1 Å². The molecule has 5 heterocycles. The second-order valence-corrected chi connectivity index (χ2v) is 14.8. The van der Waals surface area contributed by atoms with Gasteiger partial charge in [0.1, 0.15) is 29.4 Å². The zero-order valence-corrected chi connectivity index (χ0v) is 28.8. The number of carboxylic acids is 1. The summed E-state index contributed by atoms with van der Waals surface area (Å²) >= 11 is 2.86. The highest BCUT2D eigenvalue weighted by Gasteiger charge is 2.61. The molecular formula is C37H37N5O6S2. The molecule has 4 aromatic rings. The third-order valence-corrected chi connectivity index (χ3v) is 11.2. The van der Waals surface area contributed by atoms with Crippen LogP contribution in [-0.2, 0) is 14.4 Å². The lowest BCUT2D eigenvalue weighted by atomic mass is 10.0. The summed E-state index contributed by atoms with van der Waals surface area (Å²) in [6.07, 6.45) is 10.9. The van der Waals surface area contributed by atoms with E-state index in [-0.39, 0.29) is 37.1 Å². The summed E-state index contributed by atoms with van der Waals surface area (Å²) in [6, 6.07) is 13.0. The van der Waals surface area contributed by atoms with E-state index in [1.165, 1.54) is 16.2 Å². The number of thiophene rings is 2. The lowest BCUT2D eigenvalue weighted by molar-refractivity contribution is -0.145. The number of hydrogen-bond donors (Lipinski definition) is 3. The summed E-state index contributed by atoms with van der Waals surface area (Å²) in [5.41, 5.74) is 0.383. The van der Waals surface area contributed by atoms with Crippen LogP contribution in [0.3, 0.4) is 0 Å². The number of aromatic nitrogens is 2. The Hall–Kier alpha value is -4.88. The normalized spacial score (nSPS) is 25.7. The highest BCUT2D eigenvalue weighted by molar-refractivity contribution is 7.12. The molecule has 2 fully saturated rings. The van der Waals surface area contributed by atoms with Crippen molar-refractivity contribution in [2.24, 2.45) is 5.92 Å². The molecule has 50 heavy (non-hydrogen) atoms. The summed E-state index contributed by atoms with van der Waals surface area (Å²) in [7, 11) is 0. The Morgan fingerprint density at radius 2 is 1.80 bits per heavy atom. The molecule has 0 radical (unpaired) electrons. The Labute approximate surface area is 297 Å². The third kappa shape index (κ3) is 7.19. The second-order valence-electron chi connectivity index (χ2n) is 12.9. The van der Waals surface area contributed by atoms with Crippen molar-refractivity contribution in [3.8, 4) is 5.88 Å². The number of carbonyl (C=O) groups excluding carboxylic acids is 3. The number of allylic oxidation sites excluding steroid dienone is 1. The van der Waals surface area contributed by atoms with Gasteiger partial charge in [-0.15, -0.1) is 22.7 Å². The van der Waals surface area contributed by atoms with Gasteiger partial charge in [-0.3, -0.25) is 14.4 Å². The van der Waals surface area contributed by atoms with Gasteiger partial charge in [0.25, 0.3) is 5.91 Å². The third-order valence-electron chi connectivity index (χ3n) is 9.46. The highest BCUT2D eigenvalue weighted by atomic mass is 32.1. The molecule has 7 rings (SSSR count). The van der Waals surface area contributed by atoms with Gasteiger partial charge in [0.2, 0.25) is 17.7 Å². The second kappa shape index (κ2) is 14.5. The molecule has 13 heteroatoms. The zero-order chi connectivity index (χ0) is 34.7. The minimum atomic E-state index is -1.43. The van der Waals surface area contributed by atoms with E-state index in [9.17, 15) is 24.3 Å². The van der Waals surface area contributed by atoms with Crippen LogP contribution < -0.4 is 15.4 Å². The molecule has 5 atom stereocenters. The number of fused-ring (bicyclic) bond motifs is 3. The minimum Gasteiger partial charge on any atom is -0.479 e. The Bertz CT molecular complexity index is 1940. The molecule has 1 saturated carbocycles. The number of benzene rings is 1. The molecular weight excluding hydrogens is 675 g/mol. The van der Waals surface area contributed by atoms with Gasteiger partial charge in [0.15, 0.2) is 0 Å². The number of rotatable bonds is 7. The van der Waals surface area contributed by atoms with Crippen LogP contribution in [0.2, 0.25) is 0 Å². The van der Waals surface area contributed by atoms with Crippen molar-refractivity contribution in [3.05, 3.63) is 86.9 Å². The molecule has 3 amide bonds. The Morgan fingerprint density at radius 3 is 2.56 bits per heavy atom. The highest BCUT2D eigenvalue weighted by Crippen LogP contribution is 2.45. The Kier molecular flexibility index (Phi) is 9.77. The molecule has 1 saturated heterocycles. The van der Waals surface area contributed by atoms with Crippen LogP contribution in [0, 0.1) is 5.92 Å². The molecule has 258 valence electrons. The monoisotopic (exact) mass is 711 g/mol. The number of ether oxygens (including phenoxy) is 1. The Morgan fingerprint density at radius 1 is 1.00 bits per heavy atom. The van der Waals surface area contributed by atoms with E-state index < -0.39 is 41.5 Å². The van der Waals surface area contributed by atoms with Crippen LogP contribution in [0.25, 0.3) is 23.2 Å². The van der Waals surface area contributed by atoms with E-state index in [2.05, 4.69) is 10.6 Å². The number of para-hydroxylation sites is 2. The average molecular weight is 712 g/mol. The van der Waals surface area contributed by atoms with Crippen molar-refractivity contribution in [1.82, 2.24) is 25.5 Å². The van der Waals surface area contributed by atoms with Crippen LogP contribution in [0.5, 0.6) is 5.88 Å². The van der Waals surface area contributed by atoms with Crippen molar-refractivity contribution >= 4 is 69.5 Å². The van der Waals surface area contributed by atoms with Crippen molar-refractivity contribution in [2.45, 2.75) is 68.7 Å². The SMILES string of the molecule is O=C(N[C@H]1CCCCCC=C[C@@H]2C[C@@]2(C(=O)O)NC(=O)[C@@H]2CC(Oc3nc4ccccc4nc3C=Cc3cccs3)CN2C1=O)c1cccs1. The molecule has 2 aliphatic heterocycles. The maximum absolute atomic E-state index is 14.4. The molecule has 1 unspecified atom stereocenters. The van der Waals surface area contributed by atoms with Gasteiger partial charge in [0, 0.05) is 17.2 Å². The van der Waals surface area contributed by atoms with Crippen molar-refractivity contribution in [2.75, 3.05) is 6.54 Å². The first-order valence-corrected chi connectivity index (χ1v) is 18.6. The van der Waals surface area contributed by atoms with E-state index >= 15 is 0 Å². The van der Waals surface area contributed by atoms with Gasteiger partial charge in [0.05, 0.1) is 22.5 Å². The predicted octanol–water partition coefficient (Wildman–Crippen LogP) is 5.55. The van der Waals surface area contributed by atoms with E-state index in [1.54, 1.807) is 28.8 Å². The van der Waals surface area contributed by atoms with E-state index in [0.29, 0.717) is 34.4 Å². The summed E-state index contributed by atoms with van der Waals surface area (Å²) in [5.74, 6) is -2.52. The fourth-order valence-electron chi connectivity index (χ4n) is 6.68. The largest absolute Gasteiger partial charge is 0.479 e. The van der Waals surface area contributed by atoms with E-state index in [1.807, 2.05) is 66.1 Å². The maximum Gasteiger partial charge on any atom is 0.330 e. The van der Waals surface area contributed by atoms with Gasteiger partial charge in [-0.25, -0.2) is 14.8 Å². The Balaban J connectivity index is 1.20. The van der Waals surface area contributed by atoms with Crippen LogP contribution in [0.4, 0.5) is 0 Å². The zero-order valence-electron chi connectivity index (χ0n) is 27.2. The number of amides is 3. The first kappa shape index (κ1) is 33.6. The summed E-state index contributed by atoms with van der Waals surface area (Å²) in [5, 5.41) is 19.7. The molecule has 1 aliphatic carbocycles. The number of carboxylic acid groups (broad SMARTS) is 1. The molecule has 1 aromatic carbocycles. The number of nitrogens with zero attached hydrogens (tertiary/aromatic N) is 3. The van der Waals surface area contributed by atoms with Crippen LogP contribution in [-0.4, -0.2) is 73.9 Å². The maximum atomic E-state index is 14.4. The topological polar surface area (TPSA) is 151 Å². The first-order chi connectivity index (χ1) is 24.3. The fraction of sp³-hybridized carbons (Fsp3) is 0.351. The standard InChI is InChI=1S/C37H37N5O6S2/c43-32-30-20-24(48-34-28(17-16-25-11-8-18-49-25)38-26-12-6-7-13-27(26)40-34)22-42(30)35(45)29(39-33(44)31-15-9-19-50-31)14-5-3-1-2-4-10-23-21-37(23,41-32)36(46)47/h4,6-13,15-19,23-24,29-30H,1-3,5,14,20-22H2,(H,39,44)(H,41,43)(H,46,47)/t23-,24?,29+,30+,37-/m1/s1. The van der Waals surface area contributed by atoms with Crippen LogP contribution in [0.1, 0.15) is 65.2 Å². The lowest BCUT2D eigenvalue weighted by Crippen LogP contribution is -2.56. The van der Waals surface area contributed by atoms with Gasteiger partial charge in [-0.2, -0.15) is 0 Å². The number of aliphatic carboxylic acids is 1. The van der Waals surface area contributed by atoms with E-state index in [4.69, 9.17) is 14.7 Å². The van der Waals surface area contributed by atoms with Crippen LogP contribution in [0.15, 0.2) is 71.4 Å². The molecule has 0 spiro atoms. The number of hydrogen-bond acceptors (Lipinski definition) is 9. The molecule has 3 N–H and O–H groups in total. The predicted molar refractivity (Wildman–Crippen MR) is 192 cm³/mol.